The van der Waals surface area contributed by atoms with Crippen LogP contribution in [0.1, 0.15) is 11.1 Å². The number of rotatable bonds is 3. The lowest BCUT2D eigenvalue weighted by atomic mass is 10.1. The molecule has 0 unspecified atom stereocenters. The third-order valence-electron chi connectivity index (χ3n) is 3.47. The smallest absolute Gasteiger partial charge is 0.293 e. The van der Waals surface area contributed by atoms with Crippen molar-refractivity contribution in [1.29, 1.82) is 0 Å². The van der Waals surface area contributed by atoms with Gasteiger partial charge in [-0.15, -0.1) is 0 Å². The molecule has 0 radical (unpaired) electrons. The summed E-state index contributed by atoms with van der Waals surface area (Å²) in [5, 5.41) is 10.1. The Bertz CT molecular complexity index is 900. The number of benzene rings is 2. The molecule has 3 rings (SSSR count). The van der Waals surface area contributed by atoms with E-state index in [4.69, 9.17) is 11.6 Å². The van der Waals surface area contributed by atoms with Gasteiger partial charge in [-0.25, -0.2) is 0 Å². The SMILES string of the molecule is O=C1S/C(=C\c2cc(Cl)cc(Br)c2O)C(=O)N1Cc1ccc(Br)cc1. The number of carbonyl (C=O) groups excluding carboxylic acids is 2. The lowest BCUT2D eigenvalue weighted by Crippen LogP contribution is -2.27. The Morgan fingerprint density at radius 2 is 1.84 bits per heavy atom. The lowest BCUT2D eigenvalue weighted by molar-refractivity contribution is -0.123. The van der Waals surface area contributed by atoms with Crippen molar-refractivity contribution in [3.63, 3.8) is 0 Å². The van der Waals surface area contributed by atoms with Crippen LogP contribution in [-0.4, -0.2) is 21.2 Å². The summed E-state index contributed by atoms with van der Waals surface area (Å²) in [6, 6.07) is 10.5. The number of hydrogen-bond acceptors (Lipinski definition) is 4. The van der Waals surface area contributed by atoms with Crippen LogP contribution in [0.25, 0.3) is 6.08 Å². The summed E-state index contributed by atoms with van der Waals surface area (Å²) in [6.45, 7) is 0.195. The van der Waals surface area contributed by atoms with Crippen molar-refractivity contribution >= 4 is 72.4 Å². The first-order valence-electron chi connectivity index (χ1n) is 7.03. The predicted molar refractivity (Wildman–Crippen MR) is 106 cm³/mol. The summed E-state index contributed by atoms with van der Waals surface area (Å²) in [4.78, 5) is 26.2. The van der Waals surface area contributed by atoms with Crippen LogP contribution < -0.4 is 0 Å². The molecule has 4 nitrogen and oxygen atoms in total. The predicted octanol–water partition coefficient (Wildman–Crippen LogP) is 5.81. The van der Waals surface area contributed by atoms with E-state index < -0.39 is 5.91 Å². The number of nitrogens with zero attached hydrogens (tertiary/aromatic N) is 1. The molecule has 0 atom stereocenters. The number of thioether (sulfide) groups is 1. The van der Waals surface area contributed by atoms with Crippen molar-refractivity contribution in [3.05, 3.63) is 66.4 Å². The van der Waals surface area contributed by atoms with E-state index >= 15 is 0 Å². The van der Waals surface area contributed by atoms with Gasteiger partial charge in [0.2, 0.25) is 0 Å². The number of halogens is 3. The van der Waals surface area contributed by atoms with Crippen LogP contribution in [-0.2, 0) is 11.3 Å². The number of hydrogen-bond donors (Lipinski definition) is 1. The van der Waals surface area contributed by atoms with Crippen molar-refractivity contribution in [2.75, 3.05) is 0 Å². The van der Waals surface area contributed by atoms with Crippen molar-refractivity contribution < 1.29 is 14.7 Å². The molecular formula is C17H10Br2ClNO3S. The maximum absolute atomic E-state index is 12.6. The van der Waals surface area contributed by atoms with Crippen molar-refractivity contribution in [2.45, 2.75) is 6.54 Å². The second kappa shape index (κ2) is 7.53. The normalized spacial score (nSPS) is 16.1. The van der Waals surface area contributed by atoms with Gasteiger partial charge in [0.15, 0.2) is 0 Å². The van der Waals surface area contributed by atoms with Gasteiger partial charge in [-0.1, -0.05) is 39.7 Å². The molecule has 0 saturated carbocycles. The van der Waals surface area contributed by atoms with E-state index in [2.05, 4.69) is 31.9 Å². The average molecular weight is 504 g/mol. The van der Waals surface area contributed by atoms with Gasteiger partial charge in [0.1, 0.15) is 5.75 Å². The van der Waals surface area contributed by atoms with Crippen LogP contribution in [0, 0.1) is 0 Å². The quantitative estimate of drug-likeness (QED) is 0.538. The molecule has 1 N–H and O–H groups in total. The lowest BCUT2D eigenvalue weighted by Gasteiger charge is -2.12. The average Bonchev–Trinajstić information content (AvgIpc) is 2.81. The molecule has 128 valence electrons. The van der Waals surface area contributed by atoms with Crippen molar-refractivity contribution in [3.8, 4) is 5.75 Å². The number of carbonyl (C=O) groups is 2. The van der Waals surface area contributed by atoms with Gasteiger partial charge in [0.05, 0.1) is 15.9 Å². The van der Waals surface area contributed by atoms with E-state index in [1.807, 2.05) is 24.3 Å². The molecular weight excluding hydrogens is 494 g/mol. The third kappa shape index (κ3) is 4.11. The molecule has 0 spiro atoms. The largest absolute Gasteiger partial charge is 0.506 e. The monoisotopic (exact) mass is 501 g/mol. The van der Waals surface area contributed by atoms with Gasteiger partial charge in [0, 0.05) is 15.1 Å². The van der Waals surface area contributed by atoms with E-state index in [0.29, 0.717) is 15.1 Å². The third-order valence-corrected chi connectivity index (χ3v) is 5.73. The Labute approximate surface area is 170 Å². The summed E-state index contributed by atoms with van der Waals surface area (Å²) in [6.07, 6.45) is 1.47. The highest BCUT2D eigenvalue weighted by molar-refractivity contribution is 9.10. The van der Waals surface area contributed by atoms with E-state index in [1.165, 1.54) is 17.0 Å². The van der Waals surface area contributed by atoms with Gasteiger partial charge in [0.25, 0.3) is 11.1 Å². The zero-order valence-corrected chi connectivity index (χ0v) is 17.2. The fourth-order valence-corrected chi connectivity index (χ4v) is 4.17. The summed E-state index contributed by atoms with van der Waals surface area (Å²) in [7, 11) is 0. The summed E-state index contributed by atoms with van der Waals surface area (Å²) in [5.41, 5.74) is 1.22. The zero-order valence-electron chi connectivity index (χ0n) is 12.5. The number of phenolic OH excluding ortho intramolecular Hbond substituents is 1. The van der Waals surface area contributed by atoms with Crippen molar-refractivity contribution in [2.24, 2.45) is 0 Å². The molecule has 1 aliphatic heterocycles. The second-order valence-electron chi connectivity index (χ2n) is 5.22. The number of imide groups is 1. The van der Waals surface area contributed by atoms with Crippen LogP contribution in [0.5, 0.6) is 5.75 Å². The number of amides is 2. The fraction of sp³-hybridized carbons (Fsp3) is 0.0588. The van der Waals surface area contributed by atoms with Gasteiger partial charge in [-0.05, 0) is 63.6 Å². The maximum Gasteiger partial charge on any atom is 0.293 e. The molecule has 25 heavy (non-hydrogen) atoms. The van der Waals surface area contributed by atoms with Gasteiger partial charge >= 0.3 is 0 Å². The Morgan fingerprint density at radius 3 is 2.52 bits per heavy atom. The Hall–Kier alpha value is -1.28. The van der Waals surface area contributed by atoms with Gasteiger partial charge < -0.3 is 5.11 Å². The zero-order chi connectivity index (χ0) is 18.1. The minimum atomic E-state index is -0.395. The molecule has 1 aliphatic rings. The molecule has 1 fully saturated rings. The topological polar surface area (TPSA) is 57.6 Å². The second-order valence-corrected chi connectivity index (χ2v) is 8.42. The van der Waals surface area contributed by atoms with E-state index in [-0.39, 0.29) is 22.4 Å². The molecule has 8 heteroatoms. The molecule has 2 aromatic rings. The molecule has 0 bridgehead atoms. The van der Waals surface area contributed by atoms with Crippen LogP contribution in [0.15, 0.2) is 50.2 Å². The number of aromatic hydroxyl groups is 1. The Morgan fingerprint density at radius 1 is 1.16 bits per heavy atom. The first-order chi connectivity index (χ1) is 11.8. The summed E-state index contributed by atoms with van der Waals surface area (Å²) in [5.74, 6) is -0.433. The van der Waals surface area contributed by atoms with E-state index in [0.717, 1.165) is 21.8 Å². The Kier molecular flexibility index (Phi) is 5.58. The van der Waals surface area contributed by atoms with E-state index in [9.17, 15) is 14.7 Å². The molecule has 1 saturated heterocycles. The van der Waals surface area contributed by atoms with Crippen LogP contribution in [0.3, 0.4) is 0 Å². The highest BCUT2D eigenvalue weighted by Gasteiger charge is 2.35. The highest BCUT2D eigenvalue weighted by atomic mass is 79.9. The van der Waals surface area contributed by atoms with Crippen LogP contribution in [0.4, 0.5) is 4.79 Å². The number of phenols is 1. The molecule has 0 aromatic heterocycles. The standard InChI is InChI=1S/C17H10Br2ClNO3S/c18-11-3-1-9(2-4-11)8-21-16(23)14(25-17(21)24)6-10-5-12(20)7-13(19)15(10)22/h1-7,22H,8H2/b14-6-. The first-order valence-corrected chi connectivity index (χ1v) is 9.81. The first kappa shape index (κ1) is 18.5. The molecule has 1 heterocycles. The minimum Gasteiger partial charge on any atom is -0.506 e. The molecule has 2 amide bonds. The maximum atomic E-state index is 12.6. The summed E-state index contributed by atoms with van der Waals surface area (Å²) >= 11 is 13.4. The van der Waals surface area contributed by atoms with Crippen LogP contribution >= 0.6 is 55.2 Å². The van der Waals surface area contributed by atoms with E-state index in [1.54, 1.807) is 6.07 Å². The van der Waals surface area contributed by atoms with Crippen molar-refractivity contribution in [1.82, 2.24) is 4.90 Å². The fourth-order valence-electron chi connectivity index (χ4n) is 2.25. The van der Waals surface area contributed by atoms with Gasteiger partial charge in [-0.3, -0.25) is 14.5 Å². The Balaban J connectivity index is 1.87. The molecule has 2 aromatic carbocycles. The highest BCUT2D eigenvalue weighted by Crippen LogP contribution is 2.37. The summed E-state index contributed by atoms with van der Waals surface area (Å²) < 4.78 is 1.34. The van der Waals surface area contributed by atoms with Crippen LogP contribution in [0.2, 0.25) is 5.02 Å². The van der Waals surface area contributed by atoms with Gasteiger partial charge in [-0.2, -0.15) is 0 Å². The minimum absolute atomic E-state index is 0.0379. The molecule has 0 aliphatic carbocycles.